The van der Waals surface area contributed by atoms with Gasteiger partial charge in [0, 0.05) is 19.0 Å². The molecular weight excluding hydrogens is 1010 g/mol. The molecule has 0 saturated carbocycles. The Hall–Kier alpha value is -4.62. The number of rotatable bonds is 40. The average molecular weight is 1090 g/mol. The number of ether oxygens (including phenoxy) is 4. The molecule has 2 fully saturated rings. The summed E-state index contributed by atoms with van der Waals surface area (Å²) < 4.78 is 62.4. The van der Waals surface area contributed by atoms with Crippen molar-refractivity contribution in [3.8, 4) is 0 Å². The number of esters is 2. The molecule has 6 N–H and O–H groups in total. The zero-order chi connectivity index (χ0) is 54.6. The van der Waals surface area contributed by atoms with Crippen LogP contribution in [0.2, 0.25) is 0 Å². The molecule has 0 aliphatic carbocycles. The SMILES string of the molecule is CC/C=C\C/C=C\C/C=C\C/C=C\CCCCCCC(=O)OC[C@H](COP(=O)(O)OP(=O)(O)OC[C@H]1O[C@@H](n2ccc(N)nc2=O)[C@H](O)[C@@H]1O)OC(=O)CC/C=C\C/C=C\C/C=C\C/C=C\CC1OC1C/C=C\CC. The Morgan fingerprint density at radius 1 is 0.653 bits per heavy atom. The van der Waals surface area contributed by atoms with Crippen LogP contribution in [0.15, 0.2) is 126 Å². The summed E-state index contributed by atoms with van der Waals surface area (Å²) in [5.41, 5.74) is 4.58. The smallest absolute Gasteiger partial charge is 0.462 e. The molecule has 4 unspecified atom stereocenters. The van der Waals surface area contributed by atoms with Gasteiger partial charge in [-0.05, 0) is 96.0 Å². The van der Waals surface area contributed by atoms with Crippen molar-refractivity contribution in [1.29, 1.82) is 0 Å². The number of aliphatic hydroxyl groups is 2. The lowest BCUT2D eigenvalue weighted by molar-refractivity contribution is -0.161. The van der Waals surface area contributed by atoms with Crippen molar-refractivity contribution in [2.75, 3.05) is 25.6 Å². The van der Waals surface area contributed by atoms with Crippen LogP contribution in [0.3, 0.4) is 0 Å². The number of nitrogen functional groups attached to an aromatic ring is 1. The minimum Gasteiger partial charge on any atom is -0.462 e. The van der Waals surface area contributed by atoms with E-state index in [2.05, 4.69) is 108 Å². The van der Waals surface area contributed by atoms with Crippen LogP contribution in [0.4, 0.5) is 5.82 Å². The Balaban J connectivity index is 1.42. The lowest BCUT2D eigenvalue weighted by Crippen LogP contribution is -2.36. The highest BCUT2D eigenvalue weighted by molar-refractivity contribution is 7.61. The Morgan fingerprint density at radius 3 is 1.77 bits per heavy atom. The molecule has 75 heavy (non-hydrogen) atoms. The van der Waals surface area contributed by atoms with Crippen molar-refractivity contribution in [1.82, 2.24) is 9.55 Å². The molecule has 0 spiro atoms. The van der Waals surface area contributed by atoms with E-state index in [0.29, 0.717) is 31.5 Å². The molecule has 418 valence electrons. The van der Waals surface area contributed by atoms with E-state index in [0.717, 1.165) is 94.2 Å². The first-order chi connectivity index (χ1) is 36.1. The molecule has 3 rings (SSSR count). The van der Waals surface area contributed by atoms with E-state index in [1.54, 1.807) is 6.08 Å². The molecule has 0 bridgehead atoms. The van der Waals surface area contributed by atoms with Gasteiger partial charge in [0.25, 0.3) is 0 Å². The van der Waals surface area contributed by atoms with Gasteiger partial charge in [0.05, 0.1) is 25.4 Å². The zero-order valence-corrected chi connectivity index (χ0v) is 45.3. The van der Waals surface area contributed by atoms with Gasteiger partial charge in [0.15, 0.2) is 12.3 Å². The highest BCUT2D eigenvalue weighted by Gasteiger charge is 2.46. The summed E-state index contributed by atoms with van der Waals surface area (Å²) in [6.07, 6.45) is 45.1. The van der Waals surface area contributed by atoms with Gasteiger partial charge in [-0.2, -0.15) is 9.29 Å². The molecule has 21 heteroatoms. The molecule has 1 aromatic heterocycles. The van der Waals surface area contributed by atoms with Crippen LogP contribution in [-0.4, -0.2) is 97.9 Å². The second kappa shape index (κ2) is 38.0. The number of phosphoric ester groups is 2. The van der Waals surface area contributed by atoms with Crippen molar-refractivity contribution in [2.45, 2.75) is 172 Å². The average Bonchev–Trinajstić information content (AvgIpc) is 4.06. The van der Waals surface area contributed by atoms with Crippen LogP contribution in [0.25, 0.3) is 0 Å². The maximum Gasteiger partial charge on any atom is 0.481 e. The van der Waals surface area contributed by atoms with Crippen molar-refractivity contribution in [3.63, 3.8) is 0 Å². The summed E-state index contributed by atoms with van der Waals surface area (Å²) in [6.45, 7) is 1.81. The van der Waals surface area contributed by atoms with Gasteiger partial charge in [0.1, 0.15) is 30.7 Å². The molecule has 9 atom stereocenters. The van der Waals surface area contributed by atoms with E-state index in [-0.39, 0.29) is 18.7 Å². The monoisotopic (exact) mass is 1090 g/mol. The van der Waals surface area contributed by atoms with Crippen molar-refractivity contribution in [2.24, 2.45) is 0 Å². The summed E-state index contributed by atoms with van der Waals surface area (Å²) in [4.78, 5) is 62.0. The Labute approximate surface area is 442 Å². The maximum atomic E-state index is 12.9. The van der Waals surface area contributed by atoms with Crippen LogP contribution >= 0.6 is 15.6 Å². The maximum absolute atomic E-state index is 12.9. The summed E-state index contributed by atoms with van der Waals surface area (Å²) in [5.74, 6) is -1.45. The first-order valence-corrected chi connectivity index (χ1v) is 29.0. The number of nitrogens with two attached hydrogens (primary N) is 1. The highest BCUT2D eigenvalue weighted by Crippen LogP contribution is 2.60. The van der Waals surface area contributed by atoms with E-state index in [1.807, 2.05) is 18.2 Å². The summed E-state index contributed by atoms with van der Waals surface area (Å²) >= 11 is 0. The third-order valence-electron chi connectivity index (χ3n) is 11.3. The third-order valence-corrected chi connectivity index (χ3v) is 13.9. The van der Waals surface area contributed by atoms with E-state index >= 15 is 0 Å². The minimum atomic E-state index is -5.46. The molecule has 2 aliphatic rings. The molecule has 2 saturated heterocycles. The predicted octanol–water partition coefficient (Wildman–Crippen LogP) is 9.99. The lowest BCUT2D eigenvalue weighted by atomic mass is 10.1. The number of phosphoric acid groups is 2. The van der Waals surface area contributed by atoms with Gasteiger partial charge in [-0.25, -0.2) is 13.9 Å². The molecule has 2 aliphatic heterocycles. The van der Waals surface area contributed by atoms with Gasteiger partial charge in [0.2, 0.25) is 0 Å². The van der Waals surface area contributed by atoms with Crippen molar-refractivity contribution >= 4 is 33.4 Å². The van der Waals surface area contributed by atoms with E-state index in [1.165, 1.54) is 6.07 Å². The summed E-state index contributed by atoms with van der Waals surface area (Å²) in [5, 5.41) is 20.9. The second-order valence-electron chi connectivity index (χ2n) is 17.6. The number of aromatic nitrogens is 2. The lowest BCUT2D eigenvalue weighted by Gasteiger charge is -2.21. The minimum absolute atomic E-state index is 0.0739. The van der Waals surface area contributed by atoms with Gasteiger partial charge in [-0.15, -0.1) is 0 Å². The Bertz CT molecular complexity index is 2260. The van der Waals surface area contributed by atoms with E-state index in [9.17, 15) is 43.5 Å². The molecule has 0 aromatic carbocycles. The highest BCUT2D eigenvalue weighted by atomic mass is 31.3. The summed E-state index contributed by atoms with van der Waals surface area (Å²) in [6, 6.07) is 1.24. The van der Waals surface area contributed by atoms with Crippen LogP contribution in [0.1, 0.15) is 136 Å². The number of hydrogen-bond donors (Lipinski definition) is 5. The largest absolute Gasteiger partial charge is 0.481 e. The molecular formula is C54H81N3O16P2. The predicted molar refractivity (Wildman–Crippen MR) is 288 cm³/mol. The van der Waals surface area contributed by atoms with Crippen LogP contribution in [0, 0.1) is 0 Å². The van der Waals surface area contributed by atoms with Crippen LogP contribution in [0.5, 0.6) is 0 Å². The molecule has 3 heterocycles. The number of unbranched alkanes of at least 4 members (excludes halogenated alkanes) is 4. The van der Waals surface area contributed by atoms with Gasteiger partial charge < -0.3 is 44.7 Å². The molecule has 1 aromatic rings. The van der Waals surface area contributed by atoms with Crippen molar-refractivity contribution < 1.29 is 71.0 Å². The van der Waals surface area contributed by atoms with Crippen LogP contribution < -0.4 is 11.4 Å². The van der Waals surface area contributed by atoms with Gasteiger partial charge in [-0.1, -0.05) is 136 Å². The van der Waals surface area contributed by atoms with Crippen LogP contribution in [-0.2, 0) is 51.0 Å². The quantitative estimate of drug-likeness (QED) is 0.0134. The fourth-order valence-electron chi connectivity index (χ4n) is 7.19. The fourth-order valence-corrected chi connectivity index (χ4v) is 9.30. The number of allylic oxidation sites excluding steroid dienone is 16. The molecule has 0 amide bonds. The van der Waals surface area contributed by atoms with Crippen molar-refractivity contribution in [3.05, 3.63) is 132 Å². The third kappa shape index (κ3) is 30.1. The number of carbonyl (C=O) groups is 2. The first-order valence-electron chi connectivity index (χ1n) is 26.0. The topological polar surface area (TPSA) is 278 Å². The number of hydrogen-bond acceptors (Lipinski definition) is 16. The standard InChI is InChI=1S/C54H81N3O16P2/c1-3-5-7-8-9-10-11-12-13-14-15-16-20-23-26-29-33-37-49(58)67-41-44(70-50(59)38-34-30-27-24-21-18-17-19-22-25-28-32-36-46-45(71-46)35-31-6-4-2)42-68-74(63,64)73-75(65,66)69-43-47-51(60)52(61)53(72-47)57-40-39-48(55)56-54(57)62/h5-7,9-10,12-13,15-16,18-19,21-22,27-28,30-32,39-40,44-47,51-53,60-61H,3-4,8,11,14,17,20,23-26,29,33-38,41-43H2,1-2H3,(H,63,64)(H,65,66)(H2,55,56,62)/b7-5-,10-9-,13-12-,16-15-,21-18-,22-19-,30-27-,31-6-,32-28-/t44-,45?,46?,47-,51-,52-,53-/m1/s1. The number of carbonyl (C=O) groups excluding carboxylic acids is 2. The summed E-state index contributed by atoms with van der Waals surface area (Å²) in [7, 11) is -10.9. The van der Waals surface area contributed by atoms with Gasteiger partial charge in [-0.3, -0.25) is 23.2 Å². The Morgan fingerprint density at radius 2 is 1.17 bits per heavy atom. The number of nitrogens with zero attached hydrogens (tertiary/aromatic N) is 2. The first kappa shape index (κ1) is 64.7. The zero-order valence-electron chi connectivity index (χ0n) is 43.5. The number of anilines is 1. The number of aliphatic hydroxyl groups excluding tert-OH is 2. The molecule has 0 radical (unpaired) electrons. The normalized spacial score (nSPS) is 22.4. The van der Waals surface area contributed by atoms with E-state index in [4.69, 9.17) is 33.7 Å². The number of epoxide rings is 1. The second-order valence-corrected chi connectivity index (χ2v) is 20.7. The Kier molecular flexibility index (Phi) is 32.8. The molecule has 19 nitrogen and oxygen atoms in total. The van der Waals surface area contributed by atoms with E-state index < -0.39 is 83.7 Å². The fraction of sp³-hybridized carbons (Fsp3) is 0.556. The van der Waals surface area contributed by atoms with Gasteiger partial charge >= 0.3 is 33.3 Å².